The molecule has 0 aliphatic carbocycles. The van der Waals surface area contributed by atoms with Crippen LogP contribution >= 0.6 is 0 Å². The molecule has 2 atom stereocenters. The van der Waals surface area contributed by atoms with E-state index in [4.69, 9.17) is 15.2 Å². The summed E-state index contributed by atoms with van der Waals surface area (Å²) in [6.07, 6.45) is 1.58. The van der Waals surface area contributed by atoms with Gasteiger partial charge in [-0.05, 0) is 25.0 Å². The van der Waals surface area contributed by atoms with E-state index in [0.717, 1.165) is 12.3 Å². The lowest BCUT2D eigenvalue weighted by Gasteiger charge is -2.21. The molecule has 0 amide bonds. The van der Waals surface area contributed by atoms with Crippen molar-refractivity contribution in [3.8, 4) is 0 Å². The quantitative estimate of drug-likeness (QED) is 0.720. The predicted molar refractivity (Wildman–Crippen MR) is 72.2 cm³/mol. The SMILES string of the molecule is CC(C)COCCOC(c1ccccn1)C(C)N. The Morgan fingerprint density at radius 2 is 2.00 bits per heavy atom. The van der Waals surface area contributed by atoms with E-state index in [9.17, 15) is 0 Å². The maximum absolute atomic E-state index is 5.93. The third kappa shape index (κ3) is 5.58. The van der Waals surface area contributed by atoms with Crippen LogP contribution in [0.15, 0.2) is 24.4 Å². The van der Waals surface area contributed by atoms with E-state index in [0.29, 0.717) is 19.1 Å². The van der Waals surface area contributed by atoms with Crippen LogP contribution in [0.25, 0.3) is 0 Å². The van der Waals surface area contributed by atoms with E-state index >= 15 is 0 Å². The zero-order valence-corrected chi connectivity index (χ0v) is 11.5. The molecule has 0 saturated heterocycles. The van der Waals surface area contributed by atoms with Crippen molar-refractivity contribution in [1.29, 1.82) is 0 Å². The van der Waals surface area contributed by atoms with Gasteiger partial charge in [0.05, 0.1) is 18.9 Å². The molecule has 0 spiro atoms. The second-order valence-corrected chi connectivity index (χ2v) is 4.87. The van der Waals surface area contributed by atoms with E-state index in [1.165, 1.54) is 0 Å². The molecule has 18 heavy (non-hydrogen) atoms. The third-order valence-corrected chi connectivity index (χ3v) is 2.43. The molecule has 0 bridgehead atoms. The van der Waals surface area contributed by atoms with Gasteiger partial charge in [-0.15, -0.1) is 0 Å². The maximum Gasteiger partial charge on any atom is 0.114 e. The fourth-order valence-corrected chi connectivity index (χ4v) is 1.60. The summed E-state index contributed by atoms with van der Waals surface area (Å²) in [7, 11) is 0. The zero-order chi connectivity index (χ0) is 13.4. The van der Waals surface area contributed by atoms with Crippen molar-refractivity contribution in [2.45, 2.75) is 32.9 Å². The second kappa shape index (κ2) is 8.19. The zero-order valence-electron chi connectivity index (χ0n) is 11.5. The molecule has 4 heteroatoms. The Hall–Kier alpha value is -0.970. The normalized spacial score (nSPS) is 14.7. The van der Waals surface area contributed by atoms with Crippen LogP contribution in [0.4, 0.5) is 0 Å². The Bertz CT molecular complexity index is 315. The maximum atomic E-state index is 5.93. The Balaban J connectivity index is 2.36. The minimum atomic E-state index is -0.172. The highest BCUT2D eigenvalue weighted by Crippen LogP contribution is 2.17. The van der Waals surface area contributed by atoms with Crippen molar-refractivity contribution in [2.24, 2.45) is 11.7 Å². The summed E-state index contributed by atoms with van der Waals surface area (Å²) < 4.78 is 11.2. The van der Waals surface area contributed by atoms with Gasteiger partial charge in [-0.2, -0.15) is 0 Å². The van der Waals surface area contributed by atoms with Crippen LogP contribution in [0.3, 0.4) is 0 Å². The fraction of sp³-hybridized carbons (Fsp3) is 0.643. The molecule has 0 saturated carbocycles. The molecular weight excluding hydrogens is 228 g/mol. The van der Waals surface area contributed by atoms with Gasteiger partial charge in [-0.25, -0.2) is 0 Å². The highest BCUT2D eigenvalue weighted by Gasteiger charge is 2.17. The van der Waals surface area contributed by atoms with E-state index < -0.39 is 0 Å². The van der Waals surface area contributed by atoms with Crippen molar-refractivity contribution in [3.05, 3.63) is 30.1 Å². The van der Waals surface area contributed by atoms with Crippen molar-refractivity contribution in [2.75, 3.05) is 19.8 Å². The summed E-state index contributed by atoms with van der Waals surface area (Å²) >= 11 is 0. The minimum Gasteiger partial charge on any atom is -0.379 e. The number of ether oxygens (including phenoxy) is 2. The first-order valence-corrected chi connectivity index (χ1v) is 6.47. The minimum absolute atomic E-state index is 0.0926. The topological polar surface area (TPSA) is 57.4 Å². The van der Waals surface area contributed by atoms with E-state index in [2.05, 4.69) is 18.8 Å². The van der Waals surface area contributed by atoms with E-state index in [-0.39, 0.29) is 12.1 Å². The van der Waals surface area contributed by atoms with Gasteiger partial charge < -0.3 is 15.2 Å². The number of rotatable bonds is 8. The third-order valence-electron chi connectivity index (χ3n) is 2.43. The van der Waals surface area contributed by atoms with Crippen molar-refractivity contribution < 1.29 is 9.47 Å². The predicted octanol–water partition coefficient (Wildman–Crippen LogP) is 2.16. The Labute approximate surface area is 110 Å². The first kappa shape index (κ1) is 15.1. The van der Waals surface area contributed by atoms with Gasteiger partial charge in [0.2, 0.25) is 0 Å². The first-order chi connectivity index (χ1) is 8.61. The molecule has 1 aromatic heterocycles. The highest BCUT2D eigenvalue weighted by atomic mass is 16.5. The summed E-state index contributed by atoms with van der Waals surface area (Å²) in [6.45, 7) is 8.06. The number of nitrogens with zero attached hydrogens (tertiary/aromatic N) is 1. The molecular formula is C14H24N2O2. The smallest absolute Gasteiger partial charge is 0.114 e. The van der Waals surface area contributed by atoms with Gasteiger partial charge in [0.1, 0.15) is 6.10 Å². The van der Waals surface area contributed by atoms with Crippen LogP contribution in [0.1, 0.15) is 32.6 Å². The Morgan fingerprint density at radius 3 is 2.56 bits per heavy atom. The van der Waals surface area contributed by atoms with Crippen molar-refractivity contribution in [3.63, 3.8) is 0 Å². The second-order valence-electron chi connectivity index (χ2n) is 4.87. The molecule has 2 N–H and O–H groups in total. The summed E-state index contributed by atoms with van der Waals surface area (Å²) in [6, 6.07) is 5.66. The molecule has 1 heterocycles. The molecule has 2 unspecified atom stereocenters. The molecule has 4 nitrogen and oxygen atoms in total. The average Bonchev–Trinajstić information content (AvgIpc) is 2.34. The molecule has 0 radical (unpaired) electrons. The van der Waals surface area contributed by atoms with Crippen LogP contribution < -0.4 is 5.73 Å². The van der Waals surface area contributed by atoms with Gasteiger partial charge in [0.15, 0.2) is 0 Å². The van der Waals surface area contributed by atoms with Crippen LogP contribution in [-0.2, 0) is 9.47 Å². The van der Waals surface area contributed by atoms with Gasteiger partial charge >= 0.3 is 0 Å². The Kier molecular flexibility index (Phi) is 6.86. The number of hydrogen-bond acceptors (Lipinski definition) is 4. The van der Waals surface area contributed by atoms with Gasteiger partial charge in [-0.1, -0.05) is 19.9 Å². The molecule has 1 aromatic rings. The number of pyridine rings is 1. The number of aromatic nitrogens is 1. The summed E-state index contributed by atoms with van der Waals surface area (Å²) in [5.74, 6) is 0.546. The largest absolute Gasteiger partial charge is 0.379 e. The molecule has 0 aliphatic rings. The fourth-order valence-electron chi connectivity index (χ4n) is 1.60. The first-order valence-electron chi connectivity index (χ1n) is 6.47. The highest BCUT2D eigenvalue weighted by molar-refractivity contribution is 5.08. The van der Waals surface area contributed by atoms with Crippen LogP contribution in [-0.4, -0.2) is 30.8 Å². The lowest BCUT2D eigenvalue weighted by molar-refractivity contribution is -0.0113. The number of nitrogens with two attached hydrogens (primary N) is 1. The molecule has 0 aliphatic heterocycles. The number of hydrogen-bond donors (Lipinski definition) is 1. The van der Waals surface area contributed by atoms with Crippen LogP contribution in [0, 0.1) is 5.92 Å². The summed E-state index contributed by atoms with van der Waals surface area (Å²) in [4.78, 5) is 4.28. The van der Waals surface area contributed by atoms with Gasteiger partial charge in [0, 0.05) is 18.8 Å². The monoisotopic (exact) mass is 252 g/mol. The molecule has 0 aromatic carbocycles. The van der Waals surface area contributed by atoms with Gasteiger partial charge in [0.25, 0.3) is 0 Å². The van der Waals surface area contributed by atoms with Gasteiger partial charge in [-0.3, -0.25) is 4.98 Å². The van der Waals surface area contributed by atoms with Crippen molar-refractivity contribution in [1.82, 2.24) is 4.98 Å². The average molecular weight is 252 g/mol. The van der Waals surface area contributed by atoms with E-state index in [1.807, 2.05) is 25.1 Å². The standard InChI is InChI=1S/C14H24N2O2/c1-11(2)10-17-8-9-18-14(12(3)15)13-6-4-5-7-16-13/h4-7,11-12,14H,8-10,15H2,1-3H3. The molecule has 102 valence electrons. The van der Waals surface area contributed by atoms with E-state index in [1.54, 1.807) is 6.20 Å². The lowest BCUT2D eigenvalue weighted by atomic mass is 10.1. The molecule has 0 fully saturated rings. The summed E-state index contributed by atoms with van der Waals surface area (Å²) in [5.41, 5.74) is 6.80. The van der Waals surface area contributed by atoms with Crippen molar-refractivity contribution >= 4 is 0 Å². The Morgan fingerprint density at radius 1 is 1.22 bits per heavy atom. The lowest BCUT2D eigenvalue weighted by Crippen LogP contribution is -2.28. The van der Waals surface area contributed by atoms with Crippen LogP contribution in [0.5, 0.6) is 0 Å². The summed E-state index contributed by atoms with van der Waals surface area (Å²) in [5, 5.41) is 0. The van der Waals surface area contributed by atoms with Crippen LogP contribution in [0.2, 0.25) is 0 Å². The molecule has 1 rings (SSSR count).